The van der Waals surface area contributed by atoms with Gasteiger partial charge in [0.25, 0.3) is 0 Å². The second-order valence-electron chi connectivity index (χ2n) is 5.11. The van der Waals surface area contributed by atoms with E-state index in [1.165, 1.54) is 11.8 Å². The molecule has 0 saturated carbocycles. The van der Waals surface area contributed by atoms with Crippen molar-refractivity contribution in [2.45, 2.75) is 38.9 Å². The summed E-state index contributed by atoms with van der Waals surface area (Å²) in [6.07, 6.45) is 0.730. The summed E-state index contributed by atoms with van der Waals surface area (Å²) in [5, 5.41) is 10.4. The predicted octanol–water partition coefficient (Wildman–Crippen LogP) is 4.78. The zero-order valence-electron chi connectivity index (χ0n) is 11.5. The SMILES string of the molecule is CCC1(C)SC(=O)C(c2c(C)cc(Br)cc2C)=C1O. The van der Waals surface area contributed by atoms with Crippen LogP contribution in [0.4, 0.5) is 0 Å². The number of halogens is 1. The molecule has 1 aromatic carbocycles. The summed E-state index contributed by atoms with van der Waals surface area (Å²) in [4.78, 5) is 12.3. The van der Waals surface area contributed by atoms with Crippen LogP contribution in [0.2, 0.25) is 0 Å². The van der Waals surface area contributed by atoms with Gasteiger partial charge in [0.05, 0.1) is 10.3 Å². The maximum absolute atomic E-state index is 12.3. The Balaban J connectivity index is 2.69. The lowest BCUT2D eigenvalue weighted by atomic mass is 9.92. The molecular weight excluding hydrogens is 324 g/mol. The first kappa shape index (κ1) is 14.7. The third-order valence-electron chi connectivity index (χ3n) is 3.68. The van der Waals surface area contributed by atoms with Crippen LogP contribution in [0, 0.1) is 13.8 Å². The molecule has 0 bridgehead atoms. The number of aliphatic hydroxyl groups excluding tert-OH is 1. The fourth-order valence-corrected chi connectivity index (χ4v) is 4.17. The van der Waals surface area contributed by atoms with Gasteiger partial charge in [-0.3, -0.25) is 4.79 Å². The van der Waals surface area contributed by atoms with Crippen molar-refractivity contribution in [2.24, 2.45) is 0 Å². The number of rotatable bonds is 2. The van der Waals surface area contributed by atoms with Gasteiger partial charge in [-0.15, -0.1) is 0 Å². The van der Waals surface area contributed by atoms with Crippen LogP contribution < -0.4 is 0 Å². The first-order valence-corrected chi connectivity index (χ1v) is 7.85. The topological polar surface area (TPSA) is 37.3 Å². The summed E-state index contributed by atoms with van der Waals surface area (Å²) in [6.45, 7) is 7.84. The van der Waals surface area contributed by atoms with E-state index in [4.69, 9.17) is 0 Å². The molecule has 1 aliphatic rings. The molecule has 19 heavy (non-hydrogen) atoms. The molecule has 0 amide bonds. The van der Waals surface area contributed by atoms with E-state index in [1.807, 2.05) is 39.8 Å². The van der Waals surface area contributed by atoms with Crippen molar-refractivity contribution in [1.82, 2.24) is 0 Å². The Morgan fingerprint density at radius 2 is 1.84 bits per heavy atom. The van der Waals surface area contributed by atoms with Crippen LogP contribution in [-0.4, -0.2) is 15.0 Å². The minimum Gasteiger partial charge on any atom is -0.510 e. The number of aryl methyl sites for hydroxylation is 2. The van der Waals surface area contributed by atoms with Gasteiger partial charge in [-0.05, 0) is 56.0 Å². The average Bonchev–Trinajstić information content (AvgIpc) is 2.52. The van der Waals surface area contributed by atoms with Gasteiger partial charge in [-0.25, -0.2) is 0 Å². The highest BCUT2D eigenvalue weighted by atomic mass is 79.9. The molecule has 0 spiro atoms. The zero-order valence-corrected chi connectivity index (χ0v) is 13.9. The number of hydrogen-bond acceptors (Lipinski definition) is 3. The van der Waals surface area contributed by atoms with Gasteiger partial charge in [0.2, 0.25) is 5.12 Å². The minimum absolute atomic E-state index is 0.0321. The van der Waals surface area contributed by atoms with Gasteiger partial charge < -0.3 is 5.11 Å². The third-order valence-corrected chi connectivity index (χ3v) is 5.46. The Labute approximate surface area is 126 Å². The normalized spacial score (nSPS) is 23.3. The molecule has 0 saturated heterocycles. The van der Waals surface area contributed by atoms with Crippen LogP contribution in [0.3, 0.4) is 0 Å². The van der Waals surface area contributed by atoms with Crippen molar-refractivity contribution in [3.05, 3.63) is 39.1 Å². The Kier molecular flexibility index (Phi) is 3.85. The monoisotopic (exact) mass is 340 g/mol. The summed E-state index contributed by atoms with van der Waals surface area (Å²) in [7, 11) is 0. The van der Waals surface area contributed by atoms with Gasteiger partial charge in [-0.2, -0.15) is 0 Å². The van der Waals surface area contributed by atoms with Gasteiger partial charge in [0.15, 0.2) is 0 Å². The summed E-state index contributed by atoms with van der Waals surface area (Å²) < 4.78 is 0.501. The molecule has 2 rings (SSSR count). The second kappa shape index (κ2) is 4.98. The fourth-order valence-electron chi connectivity index (χ4n) is 2.43. The number of thioether (sulfide) groups is 1. The Morgan fingerprint density at radius 1 is 1.32 bits per heavy atom. The number of aliphatic hydroxyl groups is 1. The molecule has 102 valence electrons. The fraction of sp³-hybridized carbons (Fsp3) is 0.400. The van der Waals surface area contributed by atoms with Gasteiger partial charge >= 0.3 is 0 Å². The summed E-state index contributed by atoms with van der Waals surface area (Å²) >= 11 is 4.68. The molecule has 1 aromatic rings. The van der Waals surface area contributed by atoms with Gasteiger partial charge in [0, 0.05) is 4.47 Å². The highest BCUT2D eigenvalue weighted by Crippen LogP contribution is 2.49. The number of benzene rings is 1. The lowest BCUT2D eigenvalue weighted by molar-refractivity contribution is -0.106. The minimum atomic E-state index is -0.488. The zero-order chi connectivity index (χ0) is 14.4. The molecule has 1 heterocycles. The second-order valence-corrected chi connectivity index (χ2v) is 7.50. The highest BCUT2D eigenvalue weighted by molar-refractivity contribution is 9.10. The van der Waals surface area contributed by atoms with E-state index in [9.17, 15) is 9.90 Å². The molecular formula is C15H17BrO2S. The van der Waals surface area contributed by atoms with Gasteiger partial charge in [-0.1, -0.05) is 34.6 Å². The van der Waals surface area contributed by atoms with E-state index in [0.29, 0.717) is 5.57 Å². The van der Waals surface area contributed by atoms with Crippen LogP contribution in [0.5, 0.6) is 0 Å². The van der Waals surface area contributed by atoms with E-state index in [2.05, 4.69) is 15.9 Å². The van der Waals surface area contributed by atoms with Crippen LogP contribution in [0.15, 0.2) is 22.4 Å². The van der Waals surface area contributed by atoms with Crippen molar-refractivity contribution in [3.63, 3.8) is 0 Å². The molecule has 0 fully saturated rings. The van der Waals surface area contributed by atoms with Gasteiger partial charge in [0.1, 0.15) is 5.76 Å². The molecule has 1 aliphatic heterocycles. The Hall–Kier alpha value is -0.740. The highest BCUT2D eigenvalue weighted by Gasteiger charge is 2.43. The number of carbonyl (C=O) groups excluding carboxylic acids is 1. The first-order valence-electron chi connectivity index (χ1n) is 6.24. The summed E-state index contributed by atoms with van der Waals surface area (Å²) in [5.74, 6) is 0.221. The first-order chi connectivity index (χ1) is 8.80. The van der Waals surface area contributed by atoms with E-state index in [0.717, 1.165) is 27.6 Å². The number of hydrogen-bond donors (Lipinski definition) is 1. The van der Waals surface area contributed by atoms with Crippen LogP contribution in [0.1, 0.15) is 37.0 Å². The molecule has 2 nitrogen and oxygen atoms in total. The quantitative estimate of drug-likeness (QED) is 0.841. The van der Waals surface area contributed by atoms with Crippen LogP contribution in [-0.2, 0) is 4.79 Å². The van der Waals surface area contributed by atoms with Crippen molar-refractivity contribution < 1.29 is 9.90 Å². The lowest BCUT2D eigenvalue weighted by Gasteiger charge is -2.19. The molecule has 0 aliphatic carbocycles. The molecule has 0 aromatic heterocycles. The Bertz CT molecular complexity index is 569. The maximum Gasteiger partial charge on any atom is 0.224 e. The lowest BCUT2D eigenvalue weighted by Crippen LogP contribution is -2.18. The van der Waals surface area contributed by atoms with E-state index in [1.54, 1.807) is 0 Å². The Morgan fingerprint density at radius 3 is 2.26 bits per heavy atom. The van der Waals surface area contributed by atoms with Crippen molar-refractivity contribution in [2.75, 3.05) is 0 Å². The van der Waals surface area contributed by atoms with E-state index >= 15 is 0 Å². The third kappa shape index (κ3) is 2.36. The van der Waals surface area contributed by atoms with E-state index in [-0.39, 0.29) is 10.9 Å². The van der Waals surface area contributed by atoms with Crippen molar-refractivity contribution >= 4 is 38.4 Å². The van der Waals surface area contributed by atoms with Crippen molar-refractivity contribution in [1.29, 1.82) is 0 Å². The maximum atomic E-state index is 12.3. The smallest absolute Gasteiger partial charge is 0.224 e. The molecule has 1 N–H and O–H groups in total. The molecule has 0 radical (unpaired) electrons. The molecule has 4 heteroatoms. The number of carbonyl (C=O) groups is 1. The summed E-state index contributed by atoms with van der Waals surface area (Å²) in [6, 6.07) is 3.95. The largest absolute Gasteiger partial charge is 0.510 e. The van der Waals surface area contributed by atoms with Crippen LogP contribution >= 0.6 is 27.7 Å². The molecule has 1 atom stereocenters. The van der Waals surface area contributed by atoms with Crippen LogP contribution in [0.25, 0.3) is 5.57 Å². The predicted molar refractivity (Wildman–Crippen MR) is 84.5 cm³/mol. The standard InChI is InChI=1S/C15H17BrO2S/c1-5-15(4)13(17)12(14(18)19-15)11-8(2)6-10(16)7-9(11)3/h6-7,17H,5H2,1-4H3. The van der Waals surface area contributed by atoms with Crippen molar-refractivity contribution in [3.8, 4) is 0 Å². The molecule has 1 unspecified atom stereocenters. The summed E-state index contributed by atoms with van der Waals surface area (Å²) in [5.41, 5.74) is 3.36. The average molecular weight is 341 g/mol. The van der Waals surface area contributed by atoms with E-state index < -0.39 is 4.75 Å².